The second-order valence-corrected chi connectivity index (χ2v) is 8.79. The molecule has 1 aliphatic rings. The molecule has 7 nitrogen and oxygen atoms in total. The lowest BCUT2D eigenvalue weighted by Gasteiger charge is -2.33. The van der Waals surface area contributed by atoms with E-state index in [-0.39, 0.29) is 15.8 Å². The zero-order chi connectivity index (χ0) is 18.9. The fourth-order valence-electron chi connectivity index (χ4n) is 2.67. The van der Waals surface area contributed by atoms with Crippen LogP contribution in [0.1, 0.15) is 31.5 Å². The molecule has 2 heterocycles. The normalized spacial score (nSPS) is 17.1. The van der Waals surface area contributed by atoms with Crippen molar-refractivity contribution in [1.29, 1.82) is 0 Å². The van der Waals surface area contributed by atoms with Gasteiger partial charge in [-0.2, -0.15) is 4.31 Å². The molecule has 26 heavy (non-hydrogen) atoms. The van der Waals surface area contributed by atoms with Crippen molar-refractivity contribution in [3.8, 4) is 0 Å². The van der Waals surface area contributed by atoms with Gasteiger partial charge >= 0.3 is 0 Å². The van der Waals surface area contributed by atoms with Gasteiger partial charge in [-0.3, -0.25) is 4.90 Å². The van der Waals surface area contributed by atoms with E-state index in [1.54, 1.807) is 0 Å². The molecule has 2 aromatic rings. The first-order valence-corrected chi connectivity index (χ1v) is 10.1. The Kier molecular flexibility index (Phi) is 5.61. The van der Waals surface area contributed by atoms with Crippen LogP contribution >= 0.6 is 11.6 Å². The highest BCUT2D eigenvalue weighted by Gasteiger charge is 2.29. The summed E-state index contributed by atoms with van der Waals surface area (Å²) in [7, 11) is -3.70. The lowest BCUT2D eigenvalue weighted by molar-refractivity contribution is 0.167. The maximum Gasteiger partial charge on any atom is 0.243 e. The van der Waals surface area contributed by atoms with Gasteiger partial charge in [0, 0.05) is 32.1 Å². The molecule has 3 rings (SSSR count). The summed E-state index contributed by atoms with van der Waals surface area (Å²) in [5.41, 5.74) is 0. The molecule has 1 aliphatic heterocycles. The molecule has 1 saturated heterocycles. The molecule has 0 spiro atoms. The minimum absolute atomic E-state index is 0.00386. The average molecular weight is 403 g/mol. The Balaban J connectivity index is 1.62. The van der Waals surface area contributed by atoms with Gasteiger partial charge in [-0.15, -0.1) is 10.2 Å². The Morgan fingerprint density at radius 1 is 1.23 bits per heavy atom. The van der Waals surface area contributed by atoms with Crippen molar-refractivity contribution in [1.82, 2.24) is 19.4 Å². The van der Waals surface area contributed by atoms with Crippen molar-refractivity contribution in [3.63, 3.8) is 0 Å². The maximum absolute atomic E-state index is 13.3. The minimum Gasteiger partial charge on any atom is -0.424 e. The maximum atomic E-state index is 13.3. The van der Waals surface area contributed by atoms with Crippen molar-refractivity contribution in [2.45, 2.75) is 31.2 Å². The highest BCUT2D eigenvalue weighted by atomic mass is 35.5. The van der Waals surface area contributed by atoms with Crippen LogP contribution in [0.25, 0.3) is 0 Å². The molecular formula is C16H20ClFN4O3S. The fraction of sp³-hybridized carbons (Fsp3) is 0.500. The monoisotopic (exact) mass is 402 g/mol. The lowest BCUT2D eigenvalue weighted by Crippen LogP contribution is -2.48. The molecular weight excluding hydrogens is 383 g/mol. The number of sulfonamides is 1. The topological polar surface area (TPSA) is 79.5 Å². The predicted octanol–water partition coefficient (Wildman–Crippen LogP) is 2.49. The third-order valence-corrected chi connectivity index (χ3v) is 6.38. The molecule has 0 N–H and O–H groups in total. The number of nitrogens with zero attached hydrogens (tertiary/aromatic N) is 4. The Morgan fingerprint density at radius 3 is 2.50 bits per heavy atom. The first-order valence-electron chi connectivity index (χ1n) is 8.27. The van der Waals surface area contributed by atoms with E-state index in [9.17, 15) is 12.8 Å². The quantitative estimate of drug-likeness (QED) is 0.764. The zero-order valence-electron chi connectivity index (χ0n) is 14.5. The number of aromatic nitrogens is 2. The van der Waals surface area contributed by atoms with Gasteiger partial charge in [0.05, 0.1) is 16.5 Å². The van der Waals surface area contributed by atoms with E-state index in [1.165, 1.54) is 10.4 Å². The van der Waals surface area contributed by atoms with E-state index >= 15 is 0 Å². The first-order chi connectivity index (χ1) is 12.3. The van der Waals surface area contributed by atoms with Gasteiger partial charge in [-0.1, -0.05) is 25.4 Å². The van der Waals surface area contributed by atoms with Crippen LogP contribution < -0.4 is 0 Å². The SMILES string of the molecule is CC(C)c1nnc(CN2CCN(S(=O)(=O)c3ccc(F)c(Cl)c3)CC2)o1. The molecule has 0 radical (unpaired) electrons. The van der Waals surface area contributed by atoms with Crippen LogP contribution in [0, 0.1) is 5.82 Å². The summed E-state index contributed by atoms with van der Waals surface area (Å²) in [5, 5.41) is 7.82. The van der Waals surface area contributed by atoms with Gasteiger partial charge in [-0.05, 0) is 18.2 Å². The summed E-state index contributed by atoms with van der Waals surface area (Å²) in [6.45, 7) is 6.15. The van der Waals surface area contributed by atoms with Crippen LogP contribution in [0.3, 0.4) is 0 Å². The van der Waals surface area contributed by atoms with Crippen molar-refractivity contribution < 1.29 is 17.2 Å². The largest absolute Gasteiger partial charge is 0.424 e. The predicted molar refractivity (Wildman–Crippen MR) is 93.8 cm³/mol. The van der Waals surface area contributed by atoms with Crippen molar-refractivity contribution in [2.24, 2.45) is 0 Å². The van der Waals surface area contributed by atoms with Crippen molar-refractivity contribution in [3.05, 3.63) is 40.8 Å². The summed E-state index contributed by atoms with van der Waals surface area (Å²) in [6.07, 6.45) is 0. The summed E-state index contributed by atoms with van der Waals surface area (Å²) < 4.78 is 45.6. The summed E-state index contributed by atoms with van der Waals surface area (Å²) in [4.78, 5) is 2.05. The summed E-state index contributed by atoms with van der Waals surface area (Å²) >= 11 is 5.71. The highest BCUT2D eigenvalue weighted by molar-refractivity contribution is 7.89. The van der Waals surface area contributed by atoms with Gasteiger partial charge in [0.2, 0.25) is 21.8 Å². The molecule has 0 aliphatic carbocycles. The molecule has 142 valence electrons. The highest BCUT2D eigenvalue weighted by Crippen LogP contribution is 2.23. The van der Waals surface area contributed by atoms with Gasteiger partial charge in [0.1, 0.15) is 5.82 Å². The van der Waals surface area contributed by atoms with Gasteiger partial charge in [0.15, 0.2) is 0 Å². The molecule has 10 heteroatoms. The van der Waals surface area contributed by atoms with Crippen LogP contribution in [0.5, 0.6) is 0 Å². The van der Waals surface area contributed by atoms with Gasteiger partial charge in [0.25, 0.3) is 0 Å². The Labute approximate surface area is 156 Å². The number of piperazine rings is 1. The molecule has 0 amide bonds. The standard InChI is InChI=1S/C16H20ClFN4O3S/c1-11(2)16-20-19-15(25-16)10-21-5-7-22(8-6-21)26(23,24)12-3-4-14(18)13(17)9-12/h3-4,9,11H,5-8,10H2,1-2H3. The van der Waals surface area contributed by atoms with E-state index in [0.29, 0.717) is 44.5 Å². The van der Waals surface area contributed by atoms with E-state index in [2.05, 4.69) is 15.1 Å². The number of hydrogen-bond acceptors (Lipinski definition) is 6. The van der Waals surface area contributed by atoms with Gasteiger partial charge < -0.3 is 4.42 Å². The molecule has 1 fully saturated rings. The number of benzene rings is 1. The Morgan fingerprint density at radius 2 is 1.92 bits per heavy atom. The molecule has 0 unspecified atom stereocenters. The molecule has 0 atom stereocenters. The fourth-order valence-corrected chi connectivity index (χ4v) is 4.36. The smallest absolute Gasteiger partial charge is 0.243 e. The second-order valence-electron chi connectivity index (χ2n) is 6.44. The van der Waals surface area contributed by atoms with Crippen LogP contribution in [0.2, 0.25) is 5.02 Å². The lowest BCUT2D eigenvalue weighted by atomic mass is 10.2. The van der Waals surface area contributed by atoms with E-state index in [1.807, 2.05) is 13.8 Å². The van der Waals surface area contributed by atoms with Crippen LogP contribution in [-0.2, 0) is 16.6 Å². The third kappa shape index (κ3) is 4.06. The Bertz CT molecular complexity index is 879. The molecule has 1 aromatic heterocycles. The van der Waals surface area contributed by atoms with Crippen LogP contribution in [0.4, 0.5) is 4.39 Å². The summed E-state index contributed by atoms with van der Waals surface area (Å²) in [6, 6.07) is 3.44. The van der Waals surface area contributed by atoms with E-state index < -0.39 is 15.8 Å². The van der Waals surface area contributed by atoms with Crippen LogP contribution in [0.15, 0.2) is 27.5 Å². The molecule has 1 aromatic carbocycles. The molecule has 0 bridgehead atoms. The Hall–Kier alpha value is -1.55. The molecule has 0 saturated carbocycles. The zero-order valence-corrected chi connectivity index (χ0v) is 16.1. The average Bonchev–Trinajstić information content (AvgIpc) is 3.06. The number of hydrogen-bond donors (Lipinski definition) is 0. The third-order valence-electron chi connectivity index (χ3n) is 4.20. The van der Waals surface area contributed by atoms with Crippen molar-refractivity contribution >= 4 is 21.6 Å². The number of halogens is 2. The first kappa shape index (κ1) is 19.2. The van der Waals surface area contributed by atoms with E-state index in [0.717, 1.165) is 12.1 Å². The minimum atomic E-state index is -3.70. The second kappa shape index (κ2) is 7.59. The number of rotatable bonds is 5. The summed E-state index contributed by atoms with van der Waals surface area (Å²) in [5.74, 6) is 0.640. The van der Waals surface area contributed by atoms with E-state index in [4.69, 9.17) is 16.0 Å². The van der Waals surface area contributed by atoms with Crippen LogP contribution in [-0.4, -0.2) is 54.0 Å². The van der Waals surface area contributed by atoms with Gasteiger partial charge in [-0.25, -0.2) is 12.8 Å². The van der Waals surface area contributed by atoms with Crippen molar-refractivity contribution in [2.75, 3.05) is 26.2 Å².